The van der Waals surface area contributed by atoms with Gasteiger partial charge in [0.15, 0.2) is 0 Å². The van der Waals surface area contributed by atoms with Gasteiger partial charge in [0.05, 0.1) is 17.9 Å². The number of ketones is 1. The van der Waals surface area contributed by atoms with Crippen LogP contribution in [0, 0.1) is 6.92 Å². The number of aromatic hydroxyl groups is 1. The number of aliphatic hydroxyl groups excluding tert-OH is 1. The molecule has 3 aromatic carbocycles. The minimum absolute atomic E-state index is 0.00616. The minimum Gasteiger partial charge on any atom is -0.508 e. The number of aromatic nitrogens is 2. The van der Waals surface area contributed by atoms with E-state index in [1.165, 1.54) is 17.0 Å². The maximum Gasteiger partial charge on any atom is 0.295 e. The molecule has 8 nitrogen and oxygen atoms in total. The van der Waals surface area contributed by atoms with E-state index in [-0.39, 0.29) is 23.6 Å². The topological polar surface area (TPSA) is 105 Å². The van der Waals surface area contributed by atoms with E-state index in [9.17, 15) is 19.8 Å². The van der Waals surface area contributed by atoms with Crippen molar-refractivity contribution in [1.82, 2.24) is 14.5 Å². The second-order valence-corrected chi connectivity index (χ2v) is 9.48. The van der Waals surface area contributed by atoms with Gasteiger partial charge in [-0.25, -0.2) is 4.98 Å². The number of aryl methyl sites for hydroxylation is 2. The van der Waals surface area contributed by atoms with Gasteiger partial charge in [-0.15, -0.1) is 0 Å². The summed E-state index contributed by atoms with van der Waals surface area (Å²) in [6.45, 7) is 3.32. The van der Waals surface area contributed by atoms with Crippen molar-refractivity contribution in [1.29, 1.82) is 0 Å². The SMILES string of the molecule is Cc1ccccc1COc1ccc(/C(O)=C2\C(=O)C(=O)N(CCCn3ccnc3)C2c2cccc(O)c2)cc1. The van der Waals surface area contributed by atoms with Crippen LogP contribution in [0.5, 0.6) is 11.5 Å². The van der Waals surface area contributed by atoms with Crippen LogP contribution in [0.2, 0.25) is 0 Å². The molecule has 1 amide bonds. The zero-order chi connectivity index (χ0) is 27.4. The van der Waals surface area contributed by atoms with Gasteiger partial charge in [-0.3, -0.25) is 9.59 Å². The van der Waals surface area contributed by atoms with Crippen molar-refractivity contribution in [3.05, 3.63) is 119 Å². The number of phenols is 1. The van der Waals surface area contributed by atoms with Gasteiger partial charge in [0.1, 0.15) is 23.9 Å². The van der Waals surface area contributed by atoms with Gasteiger partial charge in [-0.1, -0.05) is 36.4 Å². The number of aliphatic hydroxyl groups is 1. The molecule has 5 rings (SSSR count). The number of nitrogens with zero attached hydrogens (tertiary/aromatic N) is 3. The summed E-state index contributed by atoms with van der Waals surface area (Å²) in [6.07, 6.45) is 5.77. The average Bonchev–Trinajstić information content (AvgIpc) is 3.55. The zero-order valence-electron chi connectivity index (χ0n) is 21.5. The molecule has 1 fully saturated rings. The number of ether oxygens (including phenoxy) is 1. The van der Waals surface area contributed by atoms with Crippen LogP contribution in [0.15, 0.2) is 97.1 Å². The molecule has 1 unspecified atom stereocenters. The summed E-state index contributed by atoms with van der Waals surface area (Å²) in [7, 11) is 0. The molecule has 1 aliphatic rings. The first-order valence-corrected chi connectivity index (χ1v) is 12.7. The second-order valence-electron chi connectivity index (χ2n) is 9.48. The van der Waals surface area contributed by atoms with E-state index in [1.807, 2.05) is 42.0 Å². The first-order valence-electron chi connectivity index (χ1n) is 12.7. The third kappa shape index (κ3) is 5.55. The Balaban J connectivity index is 1.42. The quantitative estimate of drug-likeness (QED) is 0.182. The van der Waals surface area contributed by atoms with Crippen LogP contribution in [0.1, 0.15) is 34.7 Å². The van der Waals surface area contributed by atoms with Crippen molar-refractivity contribution in [2.24, 2.45) is 0 Å². The van der Waals surface area contributed by atoms with E-state index < -0.39 is 17.7 Å². The summed E-state index contributed by atoms with van der Waals surface area (Å²) in [4.78, 5) is 31.9. The Morgan fingerprint density at radius 1 is 1.00 bits per heavy atom. The average molecular weight is 524 g/mol. The molecular weight excluding hydrogens is 494 g/mol. The number of phenolic OH excluding ortho intramolecular Hbond substituents is 1. The molecule has 0 saturated carbocycles. The molecule has 2 N–H and O–H groups in total. The number of imidazole rings is 1. The van der Waals surface area contributed by atoms with E-state index in [1.54, 1.807) is 48.9 Å². The molecule has 8 heteroatoms. The number of hydrogen-bond acceptors (Lipinski definition) is 6. The Hall–Kier alpha value is -4.85. The van der Waals surface area contributed by atoms with Gasteiger partial charge in [-0.2, -0.15) is 0 Å². The monoisotopic (exact) mass is 523 g/mol. The van der Waals surface area contributed by atoms with Crippen molar-refractivity contribution in [2.75, 3.05) is 6.54 Å². The number of carbonyl (C=O) groups is 2. The smallest absolute Gasteiger partial charge is 0.295 e. The van der Waals surface area contributed by atoms with Crippen LogP contribution in [0.3, 0.4) is 0 Å². The van der Waals surface area contributed by atoms with E-state index in [4.69, 9.17) is 4.74 Å². The van der Waals surface area contributed by atoms with Gasteiger partial charge in [0, 0.05) is 31.0 Å². The van der Waals surface area contributed by atoms with Crippen LogP contribution in [0.4, 0.5) is 0 Å². The summed E-state index contributed by atoms with van der Waals surface area (Å²) < 4.78 is 7.80. The normalized spacial score (nSPS) is 16.5. The summed E-state index contributed by atoms with van der Waals surface area (Å²) in [5.41, 5.74) is 3.12. The highest BCUT2D eigenvalue weighted by Crippen LogP contribution is 2.40. The molecule has 1 aliphatic heterocycles. The van der Waals surface area contributed by atoms with Crippen molar-refractivity contribution in [2.45, 2.75) is 32.5 Å². The van der Waals surface area contributed by atoms with Crippen LogP contribution in [-0.4, -0.2) is 42.9 Å². The number of likely N-dealkylation sites (tertiary alicyclic amines) is 1. The number of hydrogen-bond donors (Lipinski definition) is 2. The molecule has 198 valence electrons. The lowest BCUT2D eigenvalue weighted by molar-refractivity contribution is -0.139. The number of carbonyl (C=O) groups excluding carboxylic acids is 2. The lowest BCUT2D eigenvalue weighted by Crippen LogP contribution is -2.31. The molecule has 2 heterocycles. The molecule has 39 heavy (non-hydrogen) atoms. The van der Waals surface area contributed by atoms with Crippen LogP contribution < -0.4 is 4.74 Å². The first-order chi connectivity index (χ1) is 18.9. The first kappa shape index (κ1) is 25.8. The molecule has 1 saturated heterocycles. The van der Waals surface area contributed by atoms with Crippen molar-refractivity contribution >= 4 is 17.4 Å². The van der Waals surface area contributed by atoms with Gasteiger partial charge in [0.2, 0.25) is 0 Å². The van der Waals surface area contributed by atoms with Crippen molar-refractivity contribution < 1.29 is 24.5 Å². The summed E-state index contributed by atoms with van der Waals surface area (Å²) in [5, 5.41) is 21.4. The van der Waals surface area contributed by atoms with Crippen LogP contribution in [-0.2, 0) is 22.7 Å². The highest BCUT2D eigenvalue weighted by molar-refractivity contribution is 6.46. The molecule has 0 aliphatic carbocycles. The number of benzene rings is 3. The standard InChI is InChI=1S/C31H29N3O5/c1-21-6-2-3-7-24(21)19-39-26-12-10-22(11-13-26)29(36)27-28(23-8-4-9-25(35)18-23)34(31(38)30(27)37)16-5-15-33-17-14-32-20-33/h2-4,6-14,17-18,20,28,35-36H,5,15-16,19H2,1H3/b29-27+. The van der Waals surface area contributed by atoms with E-state index >= 15 is 0 Å². The molecular formula is C31H29N3O5. The van der Waals surface area contributed by atoms with Crippen molar-refractivity contribution in [3.8, 4) is 11.5 Å². The highest BCUT2D eigenvalue weighted by atomic mass is 16.5. The predicted octanol–water partition coefficient (Wildman–Crippen LogP) is 4.99. The fourth-order valence-corrected chi connectivity index (χ4v) is 4.79. The molecule has 4 aromatic rings. The lowest BCUT2D eigenvalue weighted by Gasteiger charge is -2.25. The fraction of sp³-hybridized carbons (Fsp3) is 0.194. The van der Waals surface area contributed by atoms with Gasteiger partial charge in [-0.05, 0) is 66.4 Å². The lowest BCUT2D eigenvalue weighted by atomic mass is 9.95. The summed E-state index contributed by atoms with van der Waals surface area (Å²) >= 11 is 0. The third-order valence-corrected chi connectivity index (χ3v) is 6.88. The molecule has 0 spiro atoms. The highest BCUT2D eigenvalue weighted by Gasteiger charge is 2.45. The maximum absolute atomic E-state index is 13.2. The number of Topliss-reactive ketones (excluding diaryl/α,β-unsaturated/α-hetero) is 1. The van der Waals surface area contributed by atoms with Gasteiger partial charge >= 0.3 is 0 Å². The van der Waals surface area contributed by atoms with E-state index in [0.29, 0.717) is 36.4 Å². The Bertz CT molecular complexity index is 1510. The second kappa shape index (κ2) is 11.3. The Labute approximate surface area is 226 Å². The summed E-state index contributed by atoms with van der Waals surface area (Å²) in [5.74, 6) is -1.10. The van der Waals surface area contributed by atoms with Crippen molar-refractivity contribution in [3.63, 3.8) is 0 Å². The fourth-order valence-electron chi connectivity index (χ4n) is 4.79. The summed E-state index contributed by atoms with van der Waals surface area (Å²) in [6, 6.07) is 20.3. The molecule has 1 atom stereocenters. The minimum atomic E-state index is -0.836. The number of rotatable bonds is 9. The molecule has 1 aromatic heterocycles. The molecule has 0 bridgehead atoms. The third-order valence-electron chi connectivity index (χ3n) is 6.88. The van der Waals surface area contributed by atoms with Gasteiger partial charge < -0.3 is 24.4 Å². The predicted molar refractivity (Wildman–Crippen MR) is 146 cm³/mol. The largest absolute Gasteiger partial charge is 0.508 e. The van der Waals surface area contributed by atoms with Gasteiger partial charge in [0.25, 0.3) is 11.7 Å². The Morgan fingerprint density at radius 2 is 1.79 bits per heavy atom. The van der Waals surface area contributed by atoms with E-state index in [2.05, 4.69) is 4.98 Å². The van der Waals surface area contributed by atoms with Crippen LogP contribution >= 0.6 is 0 Å². The Kier molecular flexibility index (Phi) is 7.45. The van der Waals surface area contributed by atoms with E-state index in [0.717, 1.165) is 11.1 Å². The Morgan fingerprint density at radius 3 is 2.51 bits per heavy atom. The molecule has 0 radical (unpaired) electrons. The number of amides is 1. The van der Waals surface area contributed by atoms with Crippen LogP contribution in [0.25, 0.3) is 5.76 Å². The maximum atomic E-state index is 13.2. The zero-order valence-corrected chi connectivity index (χ0v) is 21.5.